The summed E-state index contributed by atoms with van der Waals surface area (Å²) in [5, 5.41) is 3.26. The van der Waals surface area contributed by atoms with Crippen LogP contribution in [0.1, 0.15) is 65.0 Å². The molecule has 0 saturated carbocycles. The summed E-state index contributed by atoms with van der Waals surface area (Å²) in [4.78, 5) is 45.0. The number of halogens is 2. The minimum absolute atomic E-state index is 0.0600. The van der Waals surface area contributed by atoms with Crippen molar-refractivity contribution >= 4 is 58.5 Å². The van der Waals surface area contributed by atoms with Crippen molar-refractivity contribution < 1.29 is 23.9 Å². The standard InChI is InChI=1S/C44H37Cl2N3O5/c1-2-53-39-23-28(22-38(46)41(39)54-26-27-13-15-31(45)16-14-27)21-37-42(50)47-44(52)49(43(37)51)32-24-35-33(29-9-5-3-6-10-29)17-19-48-20-18-34(36(25-32)40(35)48)30-11-7-4-8-12-30/h3-16,21-25,33-34H,2,17-20,26H2,1H3,(H,47,50,52)/b37-21+/t33-,34-/m0/s1. The molecule has 0 unspecified atom stereocenters. The fourth-order valence-corrected chi connectivity index (χ4v) is 8.24. The van der Waals surface area contributed by atoms with Crippen LogP contribution in [0.4, 0.5) is 16.2 Å². The van der Waals surface area contributed by atoms with Gasteiger partial charge in [0.15, 0.2) is 11.5 Å². The van der Waals surface area contributed by atoms with Crippen LogP contribution in [0.15, 0.2) is 115 Å². The average Bonchev–Trinajstić information content (AvgIpc) is 3.18. The van der Waals surface area contributed by atoms with Crippen LogP contribution in [-0.4, -0.2) is 37.5 Å². The van der Waals surface area contributed by atoms with Gasteiger partial charge in [-0.25, -0.2) is 9.69 Å². The zero-order chi connectivity index (χ0) is 37.3. The average molecular weight is 759 g/mol. The van der Waals surface area contributed by atoms with Crippen LogP contribution in [0.2, 0.25) is 10.0 Å². The van der Waals surface area contributed by atoms with Crippen LogP contribution in [0, 0.1) is 0 Å². The van der Waals surface area contributed by atoms with Gasteiger partial charge in [-0.05, 0) is 95.6 Å². The number of rotatable bonds is 9. The number of amides is 4. The number of anilines is 2. The van der Waals surface area contributed by atoms with Crippen molar-refractivity contribution in [2.24, 2.45) is 0 Å². The Morgan fingerprint density at radius 1 is 0.778 bits per heavy atom. The lowest BCUT2D eigenvalue weighted by atomic mass is 9.76. The second-order valence-electron chi connectivity index (χ2n) is 13.6. The minimum Gasteiger partial charge on any atom is -0.490 e. The second-order valence-corrected chi connectivity index (χ2v) is 14.4. The van der Waals surface area contributed by atoms with Crippen LogP contribution in [-0.2, 0) is 16.2 Å². The third-order valence-corrected chi connectivity index (χ3v) is 10.8. The molecule has 0 aliphatic carbocycles. The highest BCUT2D eigenvalue weighted by atomic mass is 35.5. The molecule has 1 saturated heterocycles. The van der Waals surface area contributed by atoms with Crippen LogP contribution in [0.25, 0.3) is 6.08 Å². The van der Waals surface area contributed by atoms with Gasteiger partial charge in [-0.15, -0.1) is 0 Å². The number of nitrogens with zero attached hydrogens (tertiary/aromatic N) is 2. The lowest BCUT2D eigenvalue weighted by Crippen LogP contribution is -2.54. The van der Waals surface area contributed by atoms with E-state index in [1.807, 2.05) is 67.6 Å². The van der Waals surface area contributed by atoms with Gasteiger partial charge in [0.25, 0.3) is 11.8 Å². The van der Waals surface area contributed by atoms with E-state index in [4.69, 9.17) is 32.7 Å². The SMILES string of the molecule is CCOc1cc(/C=C2\C(=O)NC(=O)N(c3cc4c5c(c3)[C@H](c3ccccc3)CCN5CC[C@H]4c3ccccc3)C2=O)cc(Cl)c1OCc1ccc(Cl)cc1. The molecule has 3 aliphatic heterocycles. The van der Waals surface area contributed by atoms with Crippen LogP contribution >= 0.6 is 23.2 Å². The first-order chi connectivity index (χ1) is 26.3. The molecule has 0 bridgehead atoms. The lowest BCUT2D eigenvalue weighted by molar-refractivity contribution is -0.122. The predicted molar refractivity (Wildman–Crippen MR) is 212 cm³/mol. The zero-order valence-electron chi connectivity index (χ0n) is 29.6. The zero-order valence-corrected chi connectivity index (χ0v) is 31.1. The highest BCUT2D eigenvalue weighted by Crippen LogP contribution is 2.50. The molecule has 1 fully saturated rings. The first kappa shape index (κ1) is 35.5. The molecule has 3 aliphatic rings. The number of hydrogen-bond donors (Lipinski definition) is 1. The van der Waals surface area contributed by atoms with E-state index in [9.17, 15) is 14.4 Å². The second kappa shape index (κ2) is 15.0. The molecule has 3 heterocycles. The molecule has 8 rings (SSSR count). The molecule has 5 aromatic rings. The molecular weight excluding hydrogens is 721 g/mol. The Balaban J connectivity index is 1.19. The molecule has 8 nitrogen and oxygen atoms in total. The van der Waals surface area contributed by atoms with Crippen molar-refractivity contribution in [3.8, 4) is 11.5 Å². The Hall–Kier alpha value is -5.57. The molecule has 10 heteroatoms. The monoisotopic (exact) mass is 757 g/mol. The van der Waals surface area contributed by atoms with E-state index in [0.29, 0.717) is 34.4 Å². The Morgan fingerprint density at radius 3 is 1.98 bits per heavy atom. The Kier molecular flexibility index (Phi) is 9.88. The third kappa shape index (κ3) is 6.83. The van der Waals surface area contributed by atoms with Crippen molar-refractivity contribution in [3.63, 3.8) is 0 Å². The molecule has 4 amide bonds. The first-order valence-electron chi connectivity index (χ1n) is 18.1. The maximum atomic E-state index is 14.4. The van der Waals surface area contributed by atoms with Crippen molar-refractivity contribution in [3.05, 3.63) is 158 Å². The largest absolute Gasteiger partial charge is 0.490 e. The maximum absolute atomic E-state index is 14.4. The quantitative estimate of drug-likeness (QED) is 0.119. The number of carbonyl (C=O) groups is 3. The number of ether oxygens (including phenoxy) is 2. The van der Waals surface area contributed by atoms with Gasteiger partial charge in [0.2, 0.25) is 0 Å². The van der Waals surface area contributed by atoms with Crippen molar-refractivity contribution in [1.29, 1.82) is 0 Å². The van der Waals surface area contributed by atoms with Crippen molar-refractivity contribution in [2.45, 2.75) is 38.2 Å². The number of imide groups is 2. The van der Waals surface area contributed by atoms with E-state index >= 15 is 0 Å². The smallest absolute Gasteiger partial charge is 0.335 e. The number of benzene rings is 5. The van der Waals surface area contributed by atoms with Gasteiger partial charge in [-0.2, -0.15) is 0 Å². The molecule has 5 aromatic carbocycles. The van der Waals surface area contributed by atoms with E-state index in [0.717, 1.165) is 53.2 Å². The van der Waals surface area contributed by atoms with Gasteiger partial charge < -0.3 is 14.4 Å². The van der Waals surface area contributed by atoms with Gasteiger partial charge in [-0.3, -0.25) is 14.9 Å². The van der Waals surface area contributed by atoms with Crippen molar-refractivity contribution in [2.75, 3.05) is 29.5 Å². The highest BCUT2D eigenvalue weighted by molar-refractivity contribution is 6.39. The molecule has 54 heavy (non-hydrogen) atoms. The summed E-state index contributed by atoms with van der Waals surface area (Å²) in [6.07, 6.45) is 3.21. The fourth-order valence-electron chi connectivity index (χ4n) is 7.84. The van der Waals surface area contributed by atoms with Gasteiger partial charge in [0.05, 0.1) is 17.3 Å². The topological polar surface area (TPSA) is 88.2 Å². The molecule has 1 N–H and O–H groups in total. The Bertz CT molecular complexity index is 2210. The molecule has 2 atom stereocenters. The fraction of sp³-hybridized carbons (Fsp3) is 0.205. The molecule has 0 aromatic heterocycles. The summed E-state index contributed by atoms with van der Waals surface area (Å²) >= 11 is 12.8. The van der Waals surface area contributed by atoms with E-state index < -0.39 is 17.8 Å². The molecule has 0 spiro atoms. The van der Waals surface area contributed by atoms with Gasteiger partial charge in [0.1, 0.15) is 12.2 Å². The molecule has 0 radical (unpaired) electrons. The van der Waals surface area contributed by atoms with E-state index in [1.165, 1.54) is 17.2 Å². The first-order valence-corrected chi connectivity index (χ1v) is 18.8. The summed E-state index contributed by atoms with van der Waals surface area (Å²) in [5.74, 6) is -0.739. The third-order valence-electron chi connectivity index (χ3n) is 10.3. The van der Waals surface area contributed by atoms with Gasteiger partial charge in [-0.1, -0.05) is 96.0 Å². The minimum atomic E-state index is -0.802. The summed E-state index contributed by atoms with van der Waals surface area (Å²) in [5.41, 5.74) is 7.14. The van der Waals surface area contributed by atoms with Crippen LogP contribution < -0.4 is 24.6 Å². The number of hydrogen-bond acceptors (Lipinski definition) is 6. The van der Waals surface area contributed by atoms with Crippen molar-refractivity contribution in [1.82, 2.24) is 5.32 Å². The molecular formula is C44H37Cl2N3O5. The summed E-state index contributed by atoms with van der Waals surface area (Å²) in [6.45, 7) is 4.18. The normalized spacial score (nSPS) is 18.7. The lowest BCUT2D eigenvalue weighted by Gasteiger charge is -2.44. The summed E-state index contributed by atoms with van der Waals surface area (Å²) in [6, 6.07) is 34.3. The number of nitrogens with one attached hydrogen (secondary N) is 1. The van der Waals surface area contributed by atoms with E-state index in [-0.39, 0.29) is 29.0 Å². The van der Waals surface area contributed by atoms with Gasteiger partial charge in [0, 0.05) is 35.6 Å². The summed E-state index contributed by atoms with van der Waals surface area (Å²) < 4.78 is 11.9. The van der Waals surface area contributed by atoms with Gasteiger partial charge >= 0.3 is 6.03 Å². The maximum Gasteiger partial charge on any atom is 0.335 e. The van der Waals surface area contributed by atoms with Crippen LogP contribution in [0.3, 0.4) is 0 Å². The van der Waals surface area contributed by atoms with E-state index in [1.54, 1.807) is 24.3 Å². The predicted octanol–water partition coefficient (Wildman–Crippen LogP) is 9.52. The van der Waals surface area contributed by atoms with Crippen LogP contribution in [0.5, 0.6) is 11.5 Å². The summed E-state index contributed by atoms with van der Waals surface area (Å²) in [7, 11) is 0. The number of urea groups is 1. The van der Waals surface area contributed by atoms with E-state index in [2.05, 4.69) is 34.5 Å². The molecule has 272 valence electrons. The number of barbiturate groups is 1. The number of carbonyl (C=O) groups excluding carboxylic acids is 3. The highest BCUT2D eigenvalue weighted by Gasteiger charge is 2.40. The Morgan fingerprint density at radius 2 is 1.39 bits per heavy atom. The Labute approximate surface area is 323 Å².